The van der Waals surface area contributed by atoms with Gasteiger partial charge in [-0.15, -0.1) is 0 Å². The number of benzene rings is 2. The van der Waals surface area contributed by atoms with Crippen molar-refractivity contribution in [1.82, 2.24) is 0 Å². The molecule has 0 bridgehead atoms. The highest BCUT2D eigenvalue weighted by molar-refractivity contribution is 5.69. The summed E-state index contributed by atoms with van der Waals surface area (Å²) in [4.78, 5) is 0. The number of aryl methyl sites for hydroxylation is 1. The number of hydrogen-bond donors (Lipinski definition) is 2. The van der Waals surface area contributed by atoms with Crippen LogP contribution in [0.3, 0.4) is 0 Å². The lowest BCUT2D eigenvalue weighted by Crippen LogP contribution is -2.01. The van der Waals surface area contributed by atoms with Crippen molar-refractivity contribution in [3.8, 4) is 5.75 Å². The van der Waals surface area contributed by atoms with Gasteiger partial charge in [0.2, 0.25) is 0 Å². The number of rotatable bonds is 5. The van der Waals surface area contributed by atoms with Gasteiger partial charge in [0, 0.05) is 17.8 Å². The molecule has 0 heterocycles. The van der Waals surface area contributed by atoms with Crippen LogP contribution in [0, 0.1) is 5.82 Å². The zero-order valence-electron chi connectivity index (χ0n) is 11.7. The third kappa shape index (κ3) is 3.02. The van der Waals surface area contributed by atoms with Crippen LogP contribution in [0.5, 0.6) is 5.75 Å². The van der Waals surface area contributed by atoms with Gasteiger partial charge in [0.05, 0.1) is 18.5 Å². The van der Waals surface area contributed by atoms with Gasteiger partial charge in [-0.1, -0.05) is 31.5 Å². The van der Waals surface area contributed by atoms with Crippen molar-refractivity contribution < 1.29 is 9.13 Å². The van der Waals surface area contributed by atoms with E-state index in [-0.39, 0.29) is 5.69 Å². The van der Waals surface area contributed by atoms with Gasteiger partial charge < -0.3 is 15.8 Å². The summed E-state index contributed by atoms with van der Waals surface area (Å²) in [5, 5.41) is 3.12. The average Bonchev–Trinajstić information content (AvgIpc) is 2.44. The smallest absolute Gasteiger partial charge is 0.148 e. The third-order valence-corrected chi connectivity index (χ3v) is 3.13. The molecule has 0 aliphatic carbocycles. The van der Waals surface area contributed by atoms with Crippen LogP contribution < -0.4 is 15.8 Å². The van der Waals surface area contributed by atoms with E-state index < -0.39 is 5.82 Å². The molecule has 4 heteroatoms. The first kappa shape index (κ1) is 14.2. The standard InChI is InChI=1S/C16H19FN2O/c1-3-6-11-7-4-5-8-14(11)19-15-10-16(20-2)13(18)9-12(15)17/h4-5,7-10,19H,3,6,18H2,1-2H3. The number of nitrogen functional groups attached to an aromatic ring is 1. The molecule has 20 heavy (non-hydrogen) atoms. The maximum atomic E-state index is 14.0. The number of para-hydroxylation sites is 1. The molecule has 0 unspecified atom stereocenters. The van der Waals surface area contributed by atoms with Crippen LogP contribution in [-0.2, 0) is 6.42 Å². The molecule has 0 radical (unpaired) electrons. The Morgan fingerprint density at radius 3 is 2.65 bits per heavy atom. The highest BCUT2D eigenvalue weighted by Gasteiger charge is 2.10. The number of methoxy groups -OCH3 is 1. The van der Waals surface area contributed by atoms with E-state index in [0.717, 1.165) is 24.1 Å². The van der Waals surface area contributed by atoms with E-state index in [0.29, 0.717) is 11.4 Å². The van der Waals surface area contributed by atoms with E-state index in [1.54, 1.807) is 6.07 Å². The zero-order chi connectivity index (χ0) is 14.5. The van der Waals surface area contributed by atoms with Crippen molar-refractivity contribution in [3.63, 3.8) is 0 Å². The topological polar surface area (TPSA) is 47.3 Å². The largest absolute Gasteiger partial charge is 0.495 e. The lowest BCUT2D eigenvalue weighted by molar-refractivity contribution is 0.416. The van der Waals surface area contributed by atoms with Gasteiger partial charge in [-0.3, -0.25) is 0 Å². The maximum Gasteiger partial charge on any atom is 0.148 e. The summed E-state index contributed by atoms with van der Waals surface area (Å²) in [6.45, 7) is 2.11. The Bertz CT molecular complexity index is 599. The molecule has 3 nitrogen and oxygen atoms in total. The zero-order valence-corrected chi connectivity index (χ0v) is 11.7. The summed E-state index contributed by atoms with van der Waals surface area (Å²) >= 11 is 0. The molecule has 0 saturated carbocycles. The molecule has 0 saturated heterocycles. The summed E-state index contributed by atoms with van der Waals surface area (Å²) in [5.74, 6) is 0.0662. The summed E-state index contributed by atoms with van der Waals surface area (Å²) in [5.41, 5.74) is 8.39. The highest BCUT2D eigenvalue weighted by atomic mass is 19.1. The maximum absolute atomic E-state index is 14.0. The average molecular weight is 274 g/mol. The molecule has 106 valence electrons. The second-order valence-corrected chi connectivity index (χ2v) is 4.61. The fourth-order valence-corrected chi connectivity index (χ4v) is 2.12. The predicted octanol–water partition coefficient (Wildman–Crippen LogP) is 4.11. The number of hydrogen-bond acceptors (Lipinski definition) is 3. The second kappa shape index (κ2) is 6.28. The van der Waals surface area contributed by atoms with Gasteiger partial charge in [0.25, 0.3) is 0 Å². The monoisotopic (exact) mass is 274 g/mol. The van der Waals surface area contributed by atoms with Crippen molar-refractivity contribution in [1.29, 1.82) is 0 Å². The molecular formula is C16H19FN2O. The van der Waals surface area contributed by atoms with Gasteiger partial charge in [0.1, 0.15) is 11.6 Å². The Morgan fingerprint density at radius 2 is 1.95 bits per heavy atom. The third-order valence-electron chi connectivity index (χ3n) is 3.13. The summed E-state index contributed by atoms with van der Waals surface area (Å²) in [6, 6.07) is 10.7. The van der Waals surface area contributed by atoms with E-state index in [1.165, 1.54) is 13.2 Å². The molecule has 0 atom stereocenters. The molecule has 0 aliphatic rings. The highest BCUT2D eigenvalue weighted by Crippen LogP contribution is 2.31. The van der Waals surface area contributed by atoms with Gasteiger partial charge in [-0.25, -0.2) is 4.39 Å². The normalized spacial score (nSPS) is 10.3. The van der Waals surface area contributed by atoms with Crippen molar-refractivity contribution in [2.75, 3.05) is 18.2 Å². The molecular weight excluding hydrogens is 255 g/mol. The molecule has 2 aromatic rings. The minimum absolute atomic E-state index is 0.289. The van der Waals surface area contributed by atoms with Crippen LogP contribution >= 0.6 is 0 Å². The molecule has 0 aromatic heterocycles. The van der Waals surface area contributed by atoms with Gasteiger partial charge >= 0.3 is 0 Å². The van der Waals surface area contributed by atoms with Gasteiger partial charge in [-0.2, -0.15) is 0 Å². The van der Waals surface area contributed by atoms with E-state index in [9.17, 15) is 4.39 Å². The Morgan fingerprint density at radius 1 is 1.20 bits per heavy atom. The van der Waals surface area contributed by atoms with Crippen molar-refractivity contribution >= 4 is 17.1 Å². The number of nitrogens with one attached hydrogen (secondary N) is 1. The molecule has 0 fully saturated rings. The minimum Gasteiger partial charge on any atom is -0.495 e. The Kier molecular flexibility index (Phi) is 4.45. The van der Waals surface area contributed by atoms with Crippen LogP contribution in [0.2, 0.25) is 0 Å². The van der Waals surface area contributed by atoms with Crippen molar-refractivity contribution in [2.45, 2.75) is 19.8 Å². The summed E-state index contributed by atoms with van der Waals surface area (Å²) in [6.07, 6.45) is 1.98. The number of anilines is 3. The Balaban J connectivity index is 2.35. The first-order chi connectivity index (χ1) is 9.65. The van der Waals surface area contributed by atoms with Crippen LogP contribution in [0.15, 0.2) is 36.4 Å². The van der Waals surface area contributed by atoms with E-state index >= 15 is 0 Å². The number of nitrogens with two attached hydrogens (primary N) is 1. The van der Waals surface area contributed by atoms with E-state index in [1.807, 2.05) is 24.3 Å². The Labute approximate surface area is 118 Å². The second-order valence-electron chi connectivity index (χ2n) is 4.61. The molecule has 0 amide bonds. The fourth-order valence-electron chi connectivity index (χ4n) is 2.12. The molecule has 0 spiro atoms. The van der Waals surface area contributed by atoms with E-state index in [4.69, 9.17) is 10.5 Å². The van der Waals surface area contributed by atoms with Gasteiger partial charge in [-0.05, 0) is 18.1 Å². The quantitative estimate of drug-likeness (QED) is 0.806. The number of ether oxygens (including phenoxy) is 1. The molecule has 2 rings (SSSR count). The molecule has 3 N–H and O–H groups in total. The van der Waals surface area contributed by atoms with Crippen LogP contribution in [0.1, 0.15) is 18.9 Å². The van der Waals surface area contributed by atoms with Crippen LogP contribution in [0.4, 0.5) is 21.5 Å². The number of halogens is 1. The van der Waals surface area contributed by atoms with E-state index in [2.05, 4.69) is 12.2 Å². The molecule has 0 aliphatic heterocycles. The summed E-state index contributed by atoms with van der Waals surface area (Å²) < 4.78 is 19.1. The van der Waals surface area contributed by atoms with Gasteiger partial charge in [0.15, 0.2) is 0 Å². The fraction of sp³-hybridized carbons (Fsp3) is 0.250. The van der Waals surface area contributed by atoms with Crippen LogP contribution in [0.25, 0.3) is 0 Å². The molecule has 2 aromatic carbocycles. The van der Waals surface area contributed by atoms with Crippen molar-refractivity contribution in [3.05, 3.63) is 47.8 Å². The van der Waals surface area contributed by atoms with Crippen molar-refractivity contribution in [2.24, 2.45) is 0 Å². The lowest BCUT2D eigenvalue weighted by Gasteiger charge is -2.14. The lowest BCUT2D eigenvalue weighted by atomic mass is 10.1. The van der Waals surface area contributed by atoms with Crippen LogP contribution in [-0.4, -0.2) is 7.11 Å². The SMILES string of the molecule is CCCc1ccccc1Nc1cc(OC)c(N)cc1F. The first-order valence-corrected chi connectivity index (χ1v) is 6.63. The Hall–Kier alpha value is -2.23. The summed E-state index contributed by atoms with van der Waals surface area (Å²) in [7, 11) is 1.51. The predicted molar refractivity (Wildman–Crippen MR) is 81.1 cm³/mol. The minimum atomic E-state index is -0.394. The first-order valence-electron chi connectivity index (χ1n) is 6.63.